The molecule has 0 spiro atoms. The predicted molar refractivity (Wildman–Crippen MR) is 103 cm³/mol. The van der Waals surface area contributed by atoms with Crippen LogP contribution in [0.1, 0.15) is 25.7 Å². The Morgan fingerprint density at radius 3 is 2.65 bits per heavy atom. The molecule has 1 N–H and O–H groups in total. The van der Waals surface area contributed by atoms with Gasteiger partial charge in [-0.2, -0.15) is 0 Å². The number of ether oxygens (including phenoxy) is 1. The molecule has 0 aromatic heterocycles. The summed E-state index contributed by atoms with van der Waals surface area (Å²) in [5.74, 6) is 0.663. The summed E-state index contributed by atoms with van der Waals surface area (Å²) >= 11 is 7.25. The van der Waals surface area contributed by atoms with Crippen LogP contribution in [0.2, 0.25) is 0 Å². The maximum absolute atomic E-state index is 11.9. The normalized spacial score (nSPS) is 21.1. The van der Waals surface area contributed by atoms with E-state index in [-0.39, 0.29) is 5.91 Å². The Morgan fingerprint density at radius 2 is 1.96 bits per heavy atom. The molecule has 0 unspecified atom stereocenters. The molecule has 0 bridgehead atoms. The van der Waals surface area contributed by atoms with Crippen LogP contribution >= 0.6 is 39.5 Å². The molecule has 0 heterocycles. The highest BCUT2D eigenvalue weighted by atomic mass is 79.9. The van der Waals surface area contributed by atoms with Crippen molar-refractivity contribution in [2.75, 3.05) is 26.0 Å². The van der Waals surface area contributed by atoms with Gasteiger partial charge < -0.3 is 10.1 Å². The number of carbonyl (C=O) groups excluding carboxylic acids is 1. The van der Waals surface area contributed by atoms with Crippen molar-refractivity contribution in [3.8, 4) is 0 Å². The van der Waals surface area contributed by atoms with Crippen LogP contribution in [-0.2, 0) is 9.53 Å². The number of hydrogen-bond donors (Lipinski definition) is 1. The number of hydrogen-bond acceptors (Lipinski definition) is 4. The summed E-state index contributed by atoms with van der Waals surface area (Å²) in [4.78, 5) is 13.2. The van der Waals surface area contributed by atoms with E-state index < -0.39 is 0 Å². The molecule has 3 nitrogen and oxygen atoms in total. The highest BCUT2D eigenvalue weighted by Crippen LogP contribution is 2.39. The van der Waals surface area contributed by atoms with Gasteiger partial charge in [0, 0.05) is 33.5 Å². The summed E-state index contributed by atoms with van der Waals surface area (Å²) < 4.78 is 6.07. The van der Waals surface area contributed by atoms with Crippen molar-refractivity contribution in [1.82, 2.24) is 5.32 Å². The third-order valence-corrected chi connectivity index (χ3v) is 7.33. The summed E-state index contributed by atoms with van der Waals surface area (Å²) in [6, 6.07) is 8.53. The summed E-state index contributed by atoms with van der Waals surface area (Å²) in [7, 11) is 1.65. The fourth-order valence-corrected chi connectivity index (χ4v) is 5.64. The molecule has 1 aromatic carbocycles. The largest absolute Gasteiger partial charge is 0.383 e. The molecule has 2 rings (SSSR count). The third kappa shape index (κ3) is 7.08. The average Bonchev–Trinajstić information content (AvgIpc) is 2.56. The molecule has 0 aliphatic heterocycles. The maximum atomic E-state index is 11.9. The van der Waals surface area contributed by atoms with Crippen molar-refractivity contribution in [1.29, 1.82) is 0 Å². The van der Waals surface area contributed by atoms with Gasteiger partial charge in [0.25, 0.3) is 0 Å². The van der Waals surface area contributed by atoms with Gasteiger partial charge in [0.15, 0.2) is 0 Å². The zero-order valence-corrected chi connectivity index (χ0v) is 16.6. The highest BCUT2D eigenvalue weighted by molar-refractivity contribution is 9.10. The number of thioether (sulfide) groups is 2. The Kier molecular flexibility index (Phi) is 8.87. The predicted octanol–water partition coefficient (Wildman–Crippen LogP) is 4.35. The smallest absolute Gasteiger partial charge is 0.230 e. The average molecular weight is 418 g/mol. The van der Waals surface area contributed by atoms with E-state index in [1.54, 1.807) is 7.11 Å². The quantitative estimate of drug-likeness (QED) is 0.638. The van der Waals surface area contributed by atoms with Crippen LogP contribution in [0.4, 0.5) is 0 Å². The van der Waals surface area contributed by atoms with E-state index >= 15 is 0 Å². The van der Waals surface area contributed by atoms with Gasteiger partial charge in [0.1, 0.15) is 0 Å². The summed E-state index contributed by atoms with van der Waals surface area (Å²) in [6.07, 6.45) is 5.03. The maximum Gasteiger partial charge on any atom is 0.230 e. The summed E-state index contributed by atoms with van der Waals surface area (Å²) in [5, 5.41) is 4.06. The molecule has 128 valence electrons. The number of nitrogens with one attached hydrogen (secondary N) is 1. The topological polar surface area (TPSA) is 38.3 Å². The molecule has 0 saturated heterocycles. The Labute approximate surface area is 155 Å². The first-order chi connectivity index (χ1) is 11.2. The molecule has 1 aromatic rings. The molecule has 2 atom stereocenters. The molecule has 1 amide bonds. The van der Waals surface area contributed by atoms with Crippen molar-refractivity contribution in [2.45, 2.75) is 41.1 Å². The number of methoxy groups -OCH3 is 1. The first-order valence-electron chi connectivity index (χ1n) is 7.98. The van der Waals surface area contributed by atoms with Crippen LogP contribution in [0.3, 0.4) is 0 Å². The second-order valence-electron chi connectivity index (χ2n) is 5.59. The van der Waals surface area contributed by atoms with Crippen LogP contribution in [-0.4, -0.2) is 42.4 Å². The standard InChI is InChI=1S/C17H24BrNO2S2/c1-21-11-10-19-17(20)12-22-15-4-2-3-5-16(15)23-14-8-6-13(18)7-9-14/h6-9,15-16H,2-5,10-12H2,1H3,(H,19,20)/t15-,16-/m1/s1. The second kappa shape index (κ2) is 10.6. The van der Waals surface area contributed by atoms with Crippen LogP contribution < -0.4 is 5.32 Å². The molecule has 1 aliphatic rings. The minimum absolute atomic E-state index is 0.116. The van der Waals surface area contributed by atoms with Gasteiger partial charge in [-0.25, -0.2) is 0 Å². The van der Waals surface area contributed by atoms with E-state index in [0.717, 1.165) is 4.47 Å². The van der Waals surface area contributed by atoms with Gasteiger partial charge in [0.05, 0.1) is 12.4 Å². The minimum atomic E-state index is 0.116. The van der Waals surface area contributed by atoms with Crippen LogP contribution in [0, 0.1) is 0 Å². The third-order valence-electron chi connectivity index (χ3n) is 3.80. The Hall–Kier alpha value is -0.170. The Morgan fingerprint density at radius 1 is 1.26 bits per heavy atom. The molecule has 0 radical (unpaired) electrons. The zero-order valence-electron chi connectivity index (χ0n) is 13.4. The monoisotopic (exact) mass is 417 g/mol. The molecular weight excluding hydrogens is 394 g/mol. The molecular formula is C17H24BrNO2S2. The highest BCUT2D eigenvalue weighted by Gasteiger charge is 2.27. The lowest BCUT2D eigenvalue weighted by atomic mass is 10.00. The molecule has 1 fully saturated rings. The van der Waals surface area contributed by atoms with E-state index in [0.29, 0.717) is 29.4 Å². The minimum Gasteiger partial charge on any atom is -0.383 e. The number of amides is 1. The lowest BCUT2D eigenvalue weighted by Gasteiger charge is -2.30. The van der Waals surface area contributed by atoms with E-state index in [4.69, 9.17) is 4.74 Å². The zero-order chi connectivity index (χ0) is 16.5. The lowest BCUT2D eigenvalue weighted by molar-refractivity contribution is -0.118. The molecule has 23 heavy (non-hydrogen) atoms. The Bertz CT molecular complexity index is 484. The molecule has 1 saturated carbocycles. The van der Waals surface area contributed by atoms with Gasteiger partial charge in [-0.15, -0.1) is 23.5 Å². The van der Waals surface area contributed by atoms with E-state index in [9.17, 15) is 4.79 Å². The van der Waals surface area contributed by atoms with Gasteiger partial charge in [-0.1, -0.05) is 28.8 Å². The lowest BCUT2D eigenvalue weighted by Crippen LogP contribution is -2.31. The van der Waals surface area contributed by atoms with Crippen molar-refractivity contribution in [3.63, 3.8) is 0 Å². The van der Waals surface area contributed by atoms with Crippen molar-refractivity contribution in [2.24, 2.45) is 0 Å². The fraction of sp³-hybridized carbons (Fsp3) is 0.588. The van der Waals surface area contributed by atoms with Crippen molar-refractivity contribution in [3.05, 3.63) is 28.7 Å². The number of carbonyl (C=O) groups is 1. The molecule has 6 heteroatoms. The molecule has 1 aliphatic carbocycles. The van der Waals surface area contributed by atoms with Crippen LogP contribution in [0.5, 0.6) is 0 Å². The van der Waals surface area contributed by atoms with Crippen molar-refractivity contribution < 1.29 is 9.53 Å². The number of rotatable bonds is 8. The summed E-state index contributed by atoms with van der Waals surface area (Å²) in [5.41, 5.74) is 0. The number of halogens is 1. The van der Waals surface area contributed by atoms with Crippen LogP contribution in [0.15, 0.2) is 33.6 Å². The van der Waals surface area contributed by atoms with E-state index in [2.05, 4.69) is 45.5 Å². The van der Waals surface area contributed by atoms with Gasteiger partial charge >= 0.3 is 0 Å². The van der Waals surface area contributed by atoms with Crippen molar-refractivity contribution >= 4 is 45.4 Å². The first-order valence-corrected chi connectivity index (χ1v) is 10.7. The van der Waals surface area contributed by atoms with Gasteiger partial charge in [-0.3, -0.25) is 4.79 Å². The SMILES string of the molecule is COCCNC(=O)CS[C@@H]1CCCC[C@H]1Sc1ccc(Br)cc1. The van der Waals surface area contributed by atoms with Gasteiger partial charge in [-0.05, 0) is 37.1 Å². The second-order valence-corrected chi connectivity index (χ2v) is 9.04. The fourth-order valence-electron chi connectivity index (χ4n) is 2.60. The first kappa shape index (κ1) is 19.2. The number of benzene rings is 1. The van der Waals surface area contributed by atoms with E-state index in [1.807, 2.05) is 23.5 Å². The van der Waals surface area contributed by atoms with Crippen LogP contribution in [0.25, 0.3) is 0 Å². The van der Waals surface area contributed by atoms with E-state index in [1.165, 1.54) is 30.6 Å². The van der Waals surface area contributed by atoms with Gasteiger partial charge in [0.2, 0.25) is 5.91 Å². The summed E-state index contributed by atoms with van der Waals surface area (Å²) in [6.45, 7) is 1.17. The Balaban J connectivity index is 1.81.